The molecule has 3 aromatic heterocycles. The summed E-state index contributed by atoms with van der Waals surface area (Å²) in [7, 11) is 0. The predicted octanol–water partition coefficient (Wildman–Crippen LogP) is 15.3. The maximum atomic E-state index is 7.01. The fourth-order valence-electron chi connectivity index (χ4n) is 9.22. The van der Waals surface area contributed by atoms with E-state index in [-0.39, 0.29) is 5.41 Å². The van der Waals surface area contributed by atoms with E-state index >= 15 is 0 Å². The van der Waals surface area contributed by atoms with Crippen LogP contribution in [0, 0.1) is 0 Å². The molecule has 11 aromatic rings. The molecule has 260 valence electrons. The van der Waals surface area contributed by atoms with Gasteiger partial charge in [-0.2, -0.15) is 0 Å². The van der Waals surface area contributed by atoms with Gasteiger partial charge in [-0.3, -0.25) is 0 Å². The minimum atomic E-state index is -0.140. The Balaban J connectivity index is 1.10. The zero-order valence-corrected chi connectivity index (χ0v) is 31.1. The van der Waals surface area contributed by atoms with Crippen molar-refractivity contribution in [2.45, 2.75) is 19.3 Å². The summed E-state index contributed by atoms with van der Waals surface area (Å²) in [6.45, 7) is 4.70. The van der Waals surface area contributed by atoms with E-state index in [1.165, 1.54) is 48.0 Å². The lowest BCUT2D eigenvalue weighted by Gasteiger charge is -2.28. The summed E-state index contributed by atoms with van der Waals surface area (Å²) in [5.74, 6) is 0. The molecule has 0 bridgehead atoms. The number of nitrogens with zero attached hydrogens (tertiary/aromatic N) is 1. The van der Waals surface area contributed by atoms with E-state index in [1.807, 2.05) is 17.4 Å². The molecule has 3 heterocycles. The van der Waals surface area contributed by atoms with E-state index in [9.17, 15) is 0 Å². The third kappa shape index (κ3) is 4.37. The van der Waals surface area contributed by atoms with E-state index in [1.54, 1.807) is 0 Å². The molecule has 0 fully saturated rings. The minimum absolute atomic E-state index is 0.140. The van der Waals surface area contributed by atoms with E-state index in [0.717, 1.165) is 66.5 Å². The zero-order chi connectivity index (χ0) is 36.4. The van der Waals surface area contributed by atoms with Crippen molar-refractivity contribution in [1.29, 1.82) is 0 Å². The molecule has 55 heavy (non-hydrogen) atoms. The molecule has 0 unspecified atom stereocenters. The largest absolute Gasteiger partial charge is 0.456 e. The third-order valence-electron chi connectivity index (χ3n) is 11.9. The van der Waals surface area contributed by atoms with Crippen LogP contribution in [-0.2, 0) is 5.41 Å². The number of fused-ring (bicyclic) bond motifs is 12. The van der Waals surface area contributed by atoms with Gasteiger partial charge < -0.3 is 13.7 Å². The summed E-state index contributed by atoms with van der Waals surface area (Å²) in [6, 6.07) is 59.1. The Morgan fingerprint density at radius 2 is 1.15 bits per heavy atom. The van der Waals surface area contributed by atoms with Gasteiger partial charge in [-0.25, -0.2) is 0 Å². The van der Waals surface area contributed by atoms with Gasteiger partial charge in [-0.1, -0.05) is 117 Å². The molecular weight excluding hydrogens is 691 g/mol. The van der Waals surface area contributed by atoms with E-state index in [0.29, 0.717) is 0 Å². The lowest BCUT2D eigenvalue weighted by molar-refractivity contribution is 0.660. The molecule has 1 aliphatic rings. The SMILES string of the molecule is CC1(C)c2ccccc2-c2ccc(N(c3cccc4c3oc3cc5c(cc34)oc3cc(-c4ccccc4)ccc35)c3cccc4sc5ccccc5c34)cc21. The average Bonchev–Trinajstić information content (AvgIpc) is 3.96. The fourth-order valence-corrected chi connectivity index (χ4v) is 10.3. The van der Waals surface area contributed by atoms with Crippen LogP contribution in [0.1, 0.15) is 25.0 Å². The fraction of sp³-hybridized carbons (Fsp3) is 0.0588. The number of hydrogen-bond acceptors (Lipinski definition) is 4. The van der Waals surface area contributed by atoms with Crippen LogP contribution in [0.15, 0.2) is 173 Å². The maximum Gasteiger partial charge on any atom is 0.159 e. The summed E-state index contributed by atoms with van der Waals surface area (Å²) < 4.78 is 16.1. The van der Waals surface area contributed by atoms with E-state index in [2.05, 4.69) is 176 Å². The van der Waals surface area contributed by atoms with Crippen molar-refractivity contribution >= 4 is 92.4 Å². The topological polar surface area (TPSA) is 29.5 Å². The first kappa shape index (κ1) is 30.8. The van der Waals surface area contributed by atoms with Crippen LogP contribution in [0.5, 0.6) is 0 Å². The molecule has 0 saturated heterocycles. The van der Waals surface area contributed by atoms with Crippen LogP contribution >= 0.6 is 11.3 Å². The van der Waals surface area contributed by atoms with Gasteiger partial charge in [0, 0.05) is 52.8 Å². The van der Waals surface area contributed by atoms with E-state index in [4.69, 9.17) is 8.83 Å². The van der Waals surface area contributed by atoms with Crippen molar-refractivity contribution in [1.82, 2.24) is 0 Å². The van der Waals surface area contributed by atoms with Gasteiger partial charge in [-0.05, 0) is 94.0 Å². The highest BCUT2D eigenvalue weighted by molar-refractivity contribution is 7.26. The molecule has 0 spiro atoms. The molecule has 8 aromatic carbocycles. The second-order valence-electron chi connectivity index (χ2n) is 15.3. The van der Waals surface area contributed by atoms with Crippen LogP contribution < -0.4 is 4.90 Å². The smallest absolute Gasteiger partial charge is 0.159 e. The quantitative estimate of drug-likeness (QED) is 0.181. The van der Waals surface area contributed by atoms with Crippen molar-refractivity contribution < 1.29 is 8.83 Å². The Morgan fingerprint density at radius 3 is 2.05 bits per heavy atom. The number of para-hydroxylation sites is 1. The standard InChI is InChI=1S/C51H33NO2S/c1-51(2)40-17-8-6-14-33(40)34-25-23-32(27-41(34)51)52(42-18-11-21-48-49(42)37-15-7-9-20-47(37)55-48)43-19-10-16-36-39-29-45-38(28-46(39)54-50(36)43)35-24-22-31(26-44(35)53-45)30-12-4-3-5-13-30/h3-29H,1-2H3. The molecule has 0 N–H and O–H groups in total. The Labute approximate surface area is 321 Å². The van der Waals surface area contributed by atoms with Crippen molar-refractivity contribution in [3.05, 3.63) is 175 Å². The molecule has 4 heteroatoms. The van der Waals surface area contributed by atoms with Crippen molar-refractivity contribution in [3.63, 3.8) is 0 Å². The number of benzene rings is 8. The summed E-state index contributed by atoms with van der Waals surface area (Å²) in [4.78, 5) is 2.43. The molecule has 0 aliphatic heterocycles. The van der Waals surface area contributed by atoms with Gasteiger partial charge >= 0.3 is 0 Å². The van der Waals surface area contributed by atoms with Crippen molar-refractivity contribution in [2.24, 2.45) is 0 Å². The van der Waals surface area contributed by atoms with Gasteiger partial charge in [0.15, 0.2) is 5.58 Å². The highest BCUT2D eigenvalue weighted by Crippen LogP contribution is 2.53. The zero-order valence-electron chi connectivity index (χ0n) is 30.3. The highest BCUT2D eigenvalue weighted by atomic mass is 32.1. The number of rotatable bonds is 4. The Kier molecular flexibility index (Phi) is 6.27. The first-order chi connectivity index (χ1) is 27.0. The van der Waals surface area contributed by atoms with Gasteiger partial charge in [0.05, 0.1) is 11.4 Å². The molecule has 0 saturated carbocycles. The number of anilines is 3. The lowest BCUT2D eigenvalue weighted by atomic mass is 9.82. The molecule has 3 nitrogen and oxygen atoms in total. The van der Waals surface area contributed by atoms with Crippen molar-refractivity contribution in [2.75, 3.05) is 4.90 Å². The minimum Gasteiger partial charge on any atom is -0.456 e. The Morgan fingerprint density at radius 1 is 0.455 bits per heavy atom. The van der Waals surface area contributed by atoms with Gasteiger partial charge in [-0.15, -0.1) is 11.3 Å². The molecular formula is C51H33NO2S. The highest BCUT2D eigenvalue weighted by Gasteiger charge is 2.36. The number of hydrogen-bond donors (Lipinski definition) is 0. The summed E-state index contributed by atoms with van der Waals surface area (Å²) in [5.41, 5.74) is 14.1. The molecule has 1 aliphatic carbocycles. The van der Waals surface area contributed by atoms with Crippen LogP contribution in [0.2, 0.25) is 0 Å². The lowest BCUT2D eigenvalue weighted by Crippen LogP contribution is -2.16. The Hall–Kier alpha value is -6.62. The predicted molar refractivity (Wildman–Crippen MR) is 232 cm³/mol. The summed E-state index contributed by atoms with van der Waals surface area (Å²) in [5, 5.41) is 6.73. The van der Waals surface area contributed by atoms with Crippen LogP contribution in [0.25, 0.3) is 86.3 Å². The second kappa shape index (κ2) is 11.2. The monoisotopic (exact) mass is 723 g/mol. The molecule has 0 amide bonds. The van der Waals surface area contributed by atoms with Gasteiger partial charge in [0.25, 0.3) is 0 Å². The van der Waals surface area contributed by atoms with Crippen molar-refractivity contribution in [3.8, 4) is 22.3 Å². The first-order valence-electron chi connectivity index (χ1n) is 18.8. The van der Waals surface area contributed by atoms with Gasteiger partial charge in [0.2, 0.25) is 0 Å². The van der Waals surface area contributed by atoms with Crippen LogP contribution in [0.3, 0.4) is 0 Å². The van der Waals surface area contributed by atoms with Crippen LogP contribution in [0.4, 0.5) is 17.1 Å². The number of furan rings is 2. The van der Waals surface area contributed by atoms with Gasteiger partial charge in [0.1, 0.15) is 16.7 Å². The maximum absolute atomic E-state index is 7.01. The summed E-state index contributed by atoms with van der Waals surface area (Å²) in [6.07, 6.45) is 0. The molecule has 0 radical (unpaired) electrons. The summed E-state index contributed by atoms with van der Waals surface area (Å²) >= 11 is 1.84. The third-order valence-corrected chi connectivity index (χ3v) is 13.0. The van der Waals surface area contributed by atoms with Crippen LogP contribution in [-0.4, -0.2) is 0 Å². The Bertz CT molecular complexity index is 3360. The second-order valence-corrected chi connectivity index (χ2v) is 16.3. The normalized spacial score (nSPS) is 13.4. The van der Waals surface area contributed by atoms with E-state index < -0.39 is 0 Å². The number of thiophene rings is 1. The first-order valence-corrected chi connectivity index (χ1v) is 19.6. The average molecular weight is 724 g/mol. The molecule has 12 rings (SSSR count). The molecule has 0 atom stereocenters.